The van der Waals surface area contributed by atoms with Crippen LogP contribution in [0.25, 0.3) is 0 Å². The number of carbonyl (C=O) groups is 1. The first-order valence-electron chi connectivity index (χ1n) is 6.08. The zero-order chi connectivity index (χ0) is 14.0. The number of aromatic amines is 1. The van der Waals surface area contributed by atoms with Gasteiger partial charge < -0.3 is 0 Å². The molecule has 0 saturated heterocycles. The molecule has 6 nitrogen and oxygen atoms in total. The third-order valence-electron chi connectivity index (χ3n) is 2.56. The van der Waals surface area contributed by atoms with Gasteiger partial charge in [0, 0.05) is 17.2 Å². The van der Waals surface area contributed by atoms with Gasteiger partial charge in [-0.05, 0) is 0 Å². The molecule has 0 aliphatic rings. The van der Waals surface area contributed by atoms with Gasteiger partial charge in [0.2, 0.25) is 5.82 Å². The minimum atomic E-state index is -0.342. The van der Waals surface area contributed by atoms with Gasteiger partial charge in [0.15, 0.2) is 5.13 Å². The Bertz CT molecular complexity index is 581. The van der Waals surface area contributed by atoms with Crippen molar-refractivity contribution in [2.75, 3.05) is 5.32 Å². The molecule has 0 unspecified atom stereocenters. The second kappa shape index (κ2) is 5.08. The van der Waals surface area contributed by atoms with E-state index in [9.17, 15) is 4.79 Å². The minimum absolute atomic E-state index is 0.0283. The van der Waals surface area contributed by atoms with Gasteiger partial charge in [-0.3, -0.25) is 15.2 Å². The molecule has 2 heterocycles. The first-order valence-corrected chi connectivity index (χ1v) is 6.96. The maximum Gasteiger partial charge on any atom is 0.297 e. The van der Waals surface area contributed by atoms with E-state index in [1.807, 2.05) is 12.3 Å². The third kappa shape index (κ3) is 3.17. The van der Waals surface area contributed by atoms with Crippen molar-refractivity contribution < 1.29 is 4.79 Å². The Morgan fingerprint density at radius 2 is 2.16 bits per heavy atom. The van der Waals surface area contributed by atoms with Gasteiger partial charge in [0.05, 0.1) is 5.69 Å². The van der Waals surface area contributed by atoms with Crippen LogP contribution in [0.1, 0.15) is 49.8 Å². The molecule has 102 valence electrons. The highest BCUT2D eigenvalue weighted by molar-refractivity contribution is 7.14. The Hall–Kier alpha value is -1.76. The predicted octanol–water partition coefficient (Wildman–Crippen LogP) is 2.37. The molecule has 2 aromatic heterocycles. The lowest BCUT2D eigenvalue weighted by Crippen LogP contribution is -2.15. The molecule has 2 aromatic rings. The summed E-state index contributed by atoms with van der Waals surface area (Å²) < 4.78 is 0. The number of aryl methyl sites for hydroxylation is 1. The summed E-state index contributed by atoms with van der Waals surface area (Å²) >= 11 is 1.40. The molecular weight excluding hydrogens is 262 g/mol. The van der Waals surface area contributed by atoms with Crippen LogP contribution in [-0.4, -0.2) is 26.1 Å². The number of H-pyrrole nitrogens is 1. The Balaban J connectivity index is 2.09. The molecular formula is C12H17N5OS. The summed E-state index contributed by atoms with van der Waals surface area (Å²) in [5, 5.41) is 11.8. The highest BCUT2D eigenvalue weighted by atomic mass is 32.1. The maximum absolute atomic E-state index is 11.9. The van der Waals surface area contributed by atoms with Crippen LogP contribution in [0, 0.1) is 0 Å². The number of carbonyl (C=O) groups excluding carboxylic acids is 1. The van der Waals surface area contributed by atoms with Crippen LogP contribution in [0.3, 0.4) is 0 Å². The number of hydrogen-bond donors (Lipinski definition) is 2. The summed E-state index contributed by atoms with van der Waals surface area (Å²) in [5.41, 5.74) is 0.927. The normalized spacial score (nSPS) is 11.6. The lowest BCUT2D eigenvalue weighted by atomic mass is 9.93. The standard InChI is InChI=1S/C12H17N5OS/c1-5-8-14-9(17-16-8)10(18)15-11-13-7(6-19-11)12(2,3)4/h6H,5H2,1-4H3,(H,13,15,18)(H,14,16,17). The fourth-order valence-electron chi connectivity index (χ4n) is 1.38. The zero-order valence-corrected chi connectivity index (χ0v) is 12.3. The molecule has 0 spiro atoms. The first-order chi connectivity index (χ1) is 8.90. The van der Waals surface area contributed by atoms with Crippen molar-refractivity contribution in [2.45, 2.75) is 39.5 Å². The molecule has 0 atom stereocenters. The summed E-state index contributed by atoms with van der Waals surface area (Å²) in [6, 6.07) is 0. The SMILES string of the molecule is CCc1nc(C(=O)Nc2nc(C(C)(C)C)cs2)n[nH]1. The molecule has 7 heteroatoms. The van der Waals surface area contributed by atoms with E-state index >= 15 is 0 Å². The number of aromatic nitrogens is 4. The van der Waals surface area contributed by atoms with Gasteiger partial charge in [0.25, 0.3) is 5.91 Å². The first kappa shape index (κ1) is 13.7. The second-order valence-corrected chi connectivity index (χ2v) is 6.06. The van der Waals surface area contributed by atoms with Crippen molar-refractivity contribution in [3.05, 3.63) is 22.7 Å². The van der Waals surface area contributed by atoms with Crippen molar-refractivity contribution in [2.24, 2.45) is 0 Å². The number of thiazole rings is 1. The molecule has 2 rings (SSSR count). The van der Waals surface area contributed by atoms with E-state index in [-0.39, 0.29) is 17.1 Å². The Morgan fingerprint density at radius 1 is 1.42 bits per heavy atom. The van der Waals surface area contributed by atoms with Gasteiger partial charge in [0.1, 0.15) is 5.82 Å². The van der Waals surface area contributed by atoms with Crippen LogP contribution in [0.5, 0.6) is 0 Å². The van der Waals surface area contributed by atoms with Crippen LogP contribution in [-0.2, 0) is 11.8 Å². The minimum Gasteiger partial charge on any atom is -0.295 e. The smallest absolute Gasteiger partial charge is 0.295 e. The van der Waals surface area contributed by atoms with Crippen molar-refractivity contribution in [3.63, 3.8) is 0 Å². The summed E-state index contributed by atoms with van der Waals surface area (Å²) in [5.74, 6) is 0.495. The van der Waals surface area contributed by atoms with E-state index in [1.165, 1.54) is 11.3 Å². The number of nitrogens with zero attached hydrogens (tertiary/aromatic N) is 3. The fraction of sp³-hybridized carbons (Fsp3) is 0.500. The van der Waals surface area contributed by atoms with Crippen LogP contribution in [0.2, 0.25) is 0 Å². The van der Waals surface area contributed by atoms with Crippen LogP contribution in [0.15, 0.2) is 5.38 Å². The lowest BCUT2D eigenvalue weighted by Gasteiger charge is -2.14. The van der Waals surface area contributed by atoms with Gasteiger partial charge in [-0.2, -0.15) is 0 Å². The van der Waals surface area contributed by atoms with Gasteiger partial charge in [-0.25, -0.2) is 9.97 Å². The largest absolute Gasteiger partial charge is 0.297 e. The van der Waals surface area contributed by atoms with E-state index in [2.05, 4.69) is 46.3 Å². The number of hydrogen-bond acceptors (Lipinski definition) is 5. The molecule has 19 heavy (non-hydrogen) atoms. The van der Waals surface area contributed by atoms with E-state index in [0.29, 0.717) is 17.4 Å². The van der Waals surface area contributed by atoms with Crippen LogP contribution >= 0.6 is 11.3 Å². The van der Waals surface area contributed by atoms with Crippen LogP contribution < -0.4 is 5.32 Å². The van der Waals surface area contributed by atoms with E-state index in [1.54, 1.807) is 0 Å². The van der Waals surface area contributed by atoms with Crippen LogP contribution in [0.4, 0.5) is 5.13 Å². The molecule has 2 N–H and O–H groups in total. The molecule has 1 amide bonds. The fourth-order valence-corrected chi connectivity index (χ4v) is 2.32. The highest BCUT2D eigenvalue weighted by Gasteiger charge is 2.19. The van der Waals surface area contributed by atoms with Gasteiger partial charge >= 0.3 is 0 Å². The molecule has 0 aliphatic carbocycles. The molecule has 0 aromatic carbocycles. The van der Waals surface area contributed by atoms with Crippen molar-refractivity contribution in [1.82, 2.24) is 20.2 Å². The number of rotatable bonds is 3. The number of nitrogens with one attached hydrogen (secondary N) is 2. The third-order valence-corrected chi connectivity index (χ3v) is 3.32. The molecule has 0 bridgehead atoms. The van der Waals surface area contributed by atoms with E-state index < -0.39 is 0 Å². The Morgan fingerprint density at radius 3 is 2.68 bits per heavy atom. The maximum atomic E-state index is 11.9. The Kier molecular flexibility index (Phi) is 3.66. The molecule has 0 fully saturated rings. The number of anilines is 1. The molecule has 0 aliphatic heterocycles. The predicted molar refractivity (Wildman–Crippen MR) is 74.5 cm³/mol. The average Bonchev–Trinajstić information content (AvgIpc) is 2.95. The monoisotopic (exact) mass is 279 g/mol. The van der Waals surface area contributed by atoms with E-state index in [0.717, 1.165) is 5.69 Å². The van der Waals surface area contributed by atoms with E-state index in [4.69, 9.17) is 0 Å². The highest BCUT2D eigenvalue weighted by Crippen LogP contribution is 2.26. The average molecular weight is 279 g/mol. The lowest BCUT2D eigenvalue weighted by molar-refractivity contribution is 0.101. The summed E-state index contributed by atoms with van der Waals surface area (Å²) in [6.07, 6.45) is 0.714. The van der Waals surface area contributed by atoms with Crippen molar-refractivity contribution in [1.29, 1.82) is 0 Å². The van der Waals surface area contributed by atoms with Crippen molar-refractivity contribution >= 4 is 22.4 Å². The summed E-state index contributed by atoms with van der Waals surface area (Å²) in [7, 11) is 0. The van der Waals surface area contributed by atoms with Crippen molar-refractivity contribution in [3.8, 4) is 0 Å². The zero-order valence-electron chi connectivity index (χ0n) is 11.4. The molecule has 0 saturated carbocycles. The summed E-state index contributed by atoms with van der Waals surface area (Å²) in [4.78, 5) is 20.4. The quantitative estimate of drug-likeness (QED) is 0.903. The van der Waals surface area contributed by atoms with Gasteiger partial charge in [-0.1, -0.05) is 27.7 Å². The second-order valence-electron chi connectivity index (χ2n) is 5.20. The Labute approximate surface area is 115 Å². The topological polar surface area (TPSA) is 83.6 Å². The molecule has 0 radical (unpaired) electrons. The number of amides is 1. The van der Waals surface area contributed by atoms with Gasteiger partial charge in [-0.15, -0.1) is 16.4 Å². The summed E-state index contributed by atoms with van der Waals surface area (Å²) in [6.45, 7) is 8.18.